The molecule has 1 aliphatic heterocycles. The van der Waals surface area contributed by atoms with Crippen LogP contribution in [-0.4, -0.2) is 24.4 Å². The van der Waals surface area contributed by atoms with Gasteiger partial charge in [0.05, 0.1) is 0 Å². The molecule has 1 saturated heterocycles. The molecule has 0 aromatic heterocycles. The Balaban J connectivity index is 2.54. The van der Waals surface area contributed by atoms with E-state index >= 15 is 0 Å². The van der Waals surface area contributed by atoms with Gasteiger partial charge in [0.1, 0.15) is 0 Å². The summed E-state index contributed by atoms with van der Waals surface area (Å²) in [6.07, 6.45) is 4.54. The van der Waals surface area contributed by atoms with Crippen molar-refractivity contribution in [3.05, 3.63) is 12.7 Å². The zero-order chi connectivity index (χ0) is 12.9. The maximum atomic E-state index is 12.1. The first-order chi connectivity index (χ1) is 7.95. The molecule has 1 fully saturated rings. The number of rotatable bonds is 4. The van der Waals surface area contributed by atoms with Crippen LogP contribution in [0.2, 0.25) is 0 Å². The fourth-order valence-corrected chi connectivity index (χ4v) is 1.93. The van der Waals surface area contributed by atoms with E-state index in [0.717, 1.165) is 12.8 Å². The summed E-state index contributed by atoms with van der Waals surface area (Å²) >= 11 is 0. The maximum Gasteiger partial charge on any atom is 0.226 e. The van der Waals surface area contributed by atoms with Gasteiger partial charge < -0.3 is 10.6 Å². The van der Waals surface area contributed by atoms with E-state index in [0.29, 0.717) is 19.4 Å². The van der Waals surface area contributed by atoms with Crippen molar-refractivity contribution in [2.24, 2.45) is 5.41 Å². The highest BCUT2D eigenvalue weighted by atomic mass is 16.2. The molecule has 4 nitrogen and oxygen atoms in total. The van der Waals surface area contributed by atoms with Gasteiger partial charge in [0.2, 0.25) is 11.8 Å². The van der Waals surface area contributed by atoms with Crippen LogP contribution < -0.4 is 10.6 Å². The summed E-state index contributed by atoms with van der Waals surface area (Å²) < 4.78 is 0. The van der Waals surface area contributed by atoms with Crippen LogP contribution in [-0.2, 0) is 9.59 Å². The molecule has 4 heteroatoms. The lowest BCUT2D eigenvalue weighted by molar-refractivity contribution is -0.130. The molecule has 1 rings (SSSR count). The van der Waals surface area contributed by atoms with E-state index in [4.69, 9.17) is 0 Å². The molecule has 96 valence electrons. The summed E-state index contributed by atoms with van der Waals surface area (Å²) in [5.41, 5.74) is -0.454. The number of nitrogens with one attached hydrogen (secondary N) is 2. The van der Waals surface area contributed by atoms with E-state index in [-0.39, 0.29) is 17.9 Å². The highest BCUT2D eigenvalue weighted by Gasteiger charge is 2.29. The fourth-order valence-electron chi connectivity index (χ4n) is 1.93. The van der Waals surface area contributed by atoms with E-state index in [1.165, 1.54) is 0 Å². The molecule has 0 saturated carbocycles. The first-order valence-corrected chi connectivity index (χ1v) is 6.14. The smallest absolute Gasteiger partial charge is 0.226 e. The fraction of sp³-hybridized carbons (Fsp3) is 0.692. The largest absolute Gasteiger partial charge is 0.356 e. The third kappa shape index (κ3) is 4.21. The molecule has 0 spiro atoms. The third-order valence-corrected chi connectivity index (χ3v) is 3.09. The SMILES string of the molecule is C=CCC(C)(C)C(=O)N[C@H]1CCCNC(=O)C1. The van der Waals surface area contributed by atoms with Crippen molar-refractivity contribution in [2.75, 3.05) is 6.54 Å². The van der Waals surface area contributed by atoms with E-state index in [1.54, 1.807) is 6.08 Å². The number of hydrogen-bond acceptors (Lipinski definition) is 2. The van der Waals surface area contributed by atoms with Crippen molar-refractivity contribution in [2.45, 2.75) is 45.6 Å². The molecule has 1 aliphatic rings. The molecular formula is C13H22N2O2. The molecular weight excluding hydrogens is 216 g/mol. The predicted octanol–water partition coefficient (Wildman–Crippen LogP) is 1.37. The van der Waals surface area contributed by atoms with Crippen LogP contribution >= 0.6 is 0 Å². The standard InChI is InChI=1S/C13H22N2O2/c1-4-7-13(2,3)12(17)15-10-6-5-8-14-11(16)9-10/h4,10H,1,5-9H2,2-3H3,(H,14,16)(H,15,17)/t10-/m0/s1. The minimum atomic E-state index is -0.454. The lowest BCUT2D eigenvalue weighted by atomic mass is 9.88. The van der Waals surface area contributed by atoms with Crippen molar-refractivity contribution in [3.8, 4) is 0 Å². The molecule has 0 aromatic rings. The number of carbonyl (C=O) groups excluding carboxylic acids is 2. The Kier molecular flexibility index (Phi) is 4.73. The average Bonchev–Trinajstić information content (AvgIpc) is 2.42. The molecule has 0 bridgehead atoms. The Morgan fingerprint density at radius 2 is 2.35 bits per heavy atom. The highest BCUT2D eigenvalue weighted by molar-refractivity contribution is 5.83. The van der Waals surface area contributed by atoms with Crippen molar-refractivity contribution >= 4 is 11.8 Å². The van der Waals surface area contributed by atoms with Crippen LogP contribution in [0.25, 0.3) is 0 Å². The van der Waals surface area contributed by atoms with Gasteiger partial charge in [0.25, 0.3) is 0 Å². The molecule has 0 unspecified atom stereocenters. The quantitative estimate of drug-likeness (QED) is 0.727. The first-order valence-electron chi connectivity index (χ1n) is 6.14. The van der Waals surface area contributed by atoms with Gasteiger partial charge in [-0.05, 0) is 19.3 Å². The average molecular weight is 238 g/mol. The Labute approximate surface area is 103 Å². The molecule has 2 amide bonds. The topological polar surface area (TPSA) is 58.2 Å². The van der Waals surface area contributed by atoms with Gasteiger partial charge in [-0.1, -0.05) is 19.9 Å². The number of amides is 2. The second-order valence-corrected chi connectivity index (χ2v) is 5.24. The van der Waals surface area contributed by atoms with Crippen molar-refractivity contribution < 1.29 is 9.59 Å². The van der Waals surface area contributed by atoms with Crippen molar-refractivity contribution in [3.63, 3.8) is 0 Å². The second-order valence-electron chi connectivity index (χ2n) is 5.24. The molecule has 1 atom stereocenters. The summed E-state index contributed by atoms with van der Waals surface area (Å²) in [6.45, 7) is 8.15. The van der Waals surface area contributed by atoms with Crippen LogP contribution in [0, 0.1) is 5.41 Å². The van der Waals surface area contributed by atoms with Crippen molar-refractivity contribution in [1.82, 2.24) is 10.6 Å². The zero-order valence-electron chi connectivity index (χ0n) is 10.7. The summed E-state index contributed by atoms with van der Waals surface area (Å²) in [5.74, 6) is 0.0198. The van der Waals surface area contributed by atoms with Gasteiger partial charge in [-0.25, -0.2) is 0 Å². The van der Waals surface area contributed by atoms with Crippen LogP contribution in [0.15, 0.2) is 12.7 Å². The molecule has 2 N–H and O–H groups in total. The number of hydrogen-bond donors (Lipinski definition) is 2. The third-order valence-electron chi connectivity index (χ3n) is 3.09. The summed E-state index contributed by atoms with van der Waals surface area (Å²) in [4.78, 5) is 23.4. The van der Waals surface area contributed by atoms with Crippen LogP contribution in [0.1, 0.15) is 39.5 Å². The Morgan fingerprint density at radius 1 is 1.65 bits per heavy atom. The second kappa shape index (κ2) is 5.84. The summed E-state index contributed by atoms with van der Waals surface area (Å²) in [5, 5.41) is 5.77. The lowest BCUT2D eigenvalue weighted by Crippen LogP contribution is -2.43. The Bertz CT molecular complexity index is 311. The van der Waals surface area contributed by atoms with Gasteiger partial charge in [0, 0.05) is 24.4 Å². The Morgan fingerprint density at radius 3 is 3.00 bits per heavy atom. The van der Waals surface area contributed by atoms with E-state index < -0.39 is 5.41 Å². The van der Waals surface area contributed by atoms with Crippen LogP contribution in [0.3, 0.4) is 0 Å². The number of carbonyl (C=O) groups is 2. The van der Waals surface area contributed by atoms with E-state index in [2.05, 4.69) is 17.2 Å². The minimum absolute atomic E-state index is 0.00269. The van der Waals surface area contributed by atoms with Gasteiger partial charge in [-0.15, -0.1) is 6.58 Å². The molecule has 0 radical (unpaired) electrons. The normalized spacial score (nSPS) is 21.3. The monoisotopic (exact) mass is 238 g/mol. The Hall–Kier alpha value is -1.32. The summed E-state index contributed by atoms with van der Waals surface area (Å²) in [7, 11) is 0. The lowest BCUT2D eigenvalue weighted by Gasteiger charge is -2.25. The van der Waals surface area contributed by atoms with Gasteiger partial charge in [-0.2, -0.15) is 0 Å². The molecule has 1 heterocycles. The molecule has 0 aromatic carbocycles. The maximum absolute atomic E-state index is 12.1. The van der Waals surface area contributed by atoms with Gasteiger partial charge in [0.15, 0.2) is 0 Å². The van der Waals surface area contributed by atoms with E-state index in [1.807, 2.05) is 13.8 Å². The van der Waals surface area contributed by atoms with Gasteiger partial charge in [-0.3, -0.25) is 9.59 Å². The summed E-state index contributed by atoms with van der Waals surface area (Å²) in [6, 6.07) is -0.0332. The number of allylic oxidation sites excluding steroid dienone is 1. The van der Waals surface area contributed by atoms with Crippen LogP contribution in [0.4, 0.5) is 0 Å². The minimum Gasteiger partial charge on any atom is -0.356 e. The van der Waals surface area contributed by atoms with Crippen molar-refractivity contribution in [1.29, 1.82) is 0 Å². The molecule has 0 aliphatic carbocycles. The first kappa shape index (κ1) is 13.7. The molecule has 17 heavy (non-hydrogen) atoms. The highest BCUT2D eigenvalue weighted by Crippen LogP contribution is 2.21. The zero-order valence-corrected chi connectivity index (χ0v) is 10.7. The van der Waals surface area contributed by atoms with Crippen LogP contribution in [0.5, 0.6) is 0 Å². The predicted molar refractivity (Wildman–Crippen MR) is 67.4 cm³/mol. The van der Waals surface area contributed by atoms with Gasteiger partial charge >= 0.3 is 0 Å². The van der Waals surface area contributed by atoms with E-state index in [9.17, 15) is 9.59 Å².